The Morgan fingerprint density at radius 3 is 1.46 bits per heavy atom. The molecule has 0 aliphatic carbocycles. The van der Waals surface area contributed by atoms with Crippen LogP contribution >= 0.6 is 0 Å². The molecule has 2 unspecified atom stereocenters. The van der Waals surface area contributed by atoms with Crippen molar-refractivity contribution in [3.63, 3.8) is 0 Å². The first-order valence-corrected chi connectivity index (χ1v) is 3.82. The molecule has 2 amide bonds. The maximum Gasteiger partial charge on any atom is 0.250 e. The third-order valence-corrected chi connectivity index (χ3v) is 1.33. The highest BCUT2D eigenvalue weighted by Gasteiger charge is 2.06. The SMILES string of the molecule is CC(O)C(C)O.O=C1C=CC(=O)N1. The van der Waals surface area contributed by atoms with Crippen molar-refractivity contribution in [1.82, 2.24) is 5.32 Å². The number of rotatable bonds is 1. The van der Waals surface area contributed by atoms with E-state index in [-0.39, 0.29) is 11.8 Å². The first-order valence-electron chi connectivity index (χ1n) is 3.82. The van der Waals surface area contributed by atoms with E-state index in [0.717, 1.165) is 0 Å². The Morgan fingerprint density at radius 2 is 1.38 bits per heavy atom. The molecule has 0 aromatic carbocycles. The van der Waals surface area contributed by atoms with E-state index in [4.69, 9.17) is 10.2 Å². The van der Waals surface area contributed by atoms with Gasteiger partial charge in [-0.2, -0.15) is 0 Å². The van der Waals surface area contributed by atoms with E-state index in [2.05, 4.69) is 0 Å². The highest BCUT2D eigenvalue weighted by atomic mass is 16.3. The summed E-state index contributed by atoms with van der Waals surface area (Å²) in [6, 6.07) is 0. The number of hydrogen-bond acceptors (Lipinski definition) is 4. The fraction of sp³-hybridized carbons (Fsp3) is 0.500. The maximum atomic E-state index is 10.0. The molecule has 2 atom stereocenters. The van der Waals surface area contributed by atoms with E-state index in [0.29, 0.717) is 0 Å². The molecule has 0 aromatic rings. The molecule has 5 nitrogen and oxygen atoms in total. The molecule has 74 valence electrons. The molecule has 0 spiro atoms. The predicted octanol–water partition coefficient (Wildman–Crippen LogP) is -1.05. The zero-order chi connectivity index (χ0) is 10.4. The topological polar surface area (TPSA) is 86.6 Å². The van der Waals surface area contributed by atoms with Crippen LogP contribution in [0.4, 0.5) is 0 Å². The lowest BCUT2D eigenvalue weighted by Crippen LogP contribution is -2.19. The minimum atomic E-state index is -0.593. The minimum absolute atomic E-state index is 0.329. The molecule has 1 aliphatic heterocycles. The number of hydrogen-bond donors (Lipinski definition) is 3. The Bertz CT molecular complexity index is 198. The number of imide groups is 1. The van der Waals surface area contributed by atoms with Gasteiger partial charge in [0, 0.05) is 12.2 Å². The van der Waals surface area contributed by atoms with E-state index >= 15 is 0 Å². The molecular weight excluding hydrogens is 174 g/mol. The van der Waals surface area contributed by atoms with Crippen molar-refractivity contribution in [2.45, 2.75) is 26.1 Å². The zero-order valence-electron chi connectivity index (χ0n) is 7.52. The van der Waals surface area contributed by atoms with Crippen LogP contribution in [0.15, 0.2) is 12.2 Å². The highest BCUT2D eigenvalue weighted by molar-refractivity contribution is 6.12. The lowest BCUT2D eigenvalue weighted by atomic mass is 10.3. The van der Waals surface area contributed by atoms with E-state index in [9.17, 15) is 9.59 Å². The summed E-state index contributed by atoms with van der Waals surface area (Å²) in [5, 5.41) is 18.8. The molecule has 1 aliphatic rings. The van der Waals surface area contributed by atoms with E-state index in [1.807, 2.05) is 5.32 Å². The minimum Gasteiger partial charge on any atom is -0.391 e. The first-order chi connectivity index (χ1) is 5.93. The average Bonchev–Trinajstić information content (AvgIpc) is 2.35. The lowest BCUT2D eigenvalue weighted by Gasteiger charge is -2.03. The van der Waals surface area contributed by atoms with E-state index in [1.54, 1.807) is 13.8 Å². The number of nitrogens with one attached hydrogen (secondary N) is 1. The van der Waals surface area contributed by atoms with Gasteiger partial charge in [0.2, 0.25) is 0 Å². The van der Waals surface area contributed by atoms with Gasteiger partial charge in [0.1, 0.15) is 0 Å². The molecule has 1 heterocycles. The standard InChI is InChI=1S/C4H3NO2.C4H10O2/c6-3-1-2-4(7)5-3;1-3(5)4(2)6/h1-2H,(H,5,6,7);3-6H,1-2H3. The molecule has 0 bridgehead atoms. The van der Waals surface area contributed by atoms with Crippen LogP contribution in [0.1, 0.15) is 13.8 Å². The van der Waals surface area contributed by atoms with Gasteiger partial charge in [-0.3, -0.25) is 14.9 Å². The van der Waals surface area contributed by atoms with Gasteiger partial charge in [0.05, 0.1) is 12.2 Å². The summed E-state index contributed by atoms with van der Waals surface area (Å²) in [5.41, 5.74) is 0. The monoisotopic (exact) mass is 187 g/mol. The third-order valence-electron chi connectivity index (χ3n) is 1.33. The molecule has 0 fully saturated rings. The Balaban J connectivity index is 0.000000226. The van der Waals surface area contributed by atoms with Crippen LogP contribution < -0.4 is 5.32 Å². The smallest absolute Gasteiger partial charge is 0.250 e. The quantitative estimate of drug-likeness (QED) is 0.457. The normalized spacial score (nSPS) is 18.8. The molecule has 13 heavy (non-hydrogen) atoms. The van der Waals surface area contributed by atoms with Crippen LogP contribution in [0.3, 0.4) is 0 Å². The van der Waals surface area contributed by atoms with Crippen LogP contribution in [0, 0.1) is 0 Å². The highest BCUT2D eigenvalue weighted by Crippen LogP contribution is 1.85. The van der Waals surface area contributed by atoms with Crippen LogP contribution in [0.2, 0.25) is 0 Å². The Kier molecular flexibility index (Phi) is 4.94. The van der Waals surface area contributed by atoms with Crippen LogP contribution in [-0.4, -0.2) is 34.2 Å². The predicted molar refractivity (Wildman–Crippen MR) is 45.7 cm³/mol. The fourth-order valence-electron chi connectivity index (χ4n) is 0.356. The summed E-state index contributed by atoms with van der Waals surface area (Å²) in [6.45, 7) is 3.09. The number of aliphatic hydroxyl groups is 2. The number of carbonyl (C=O) groups is 2. The summed E-state index contributed by atoms with van der Waals surface area (Å²) < 4.78 is 0. The Labute approximate surface area is 76.1 Å². The summed E-state index contributed by atoms with van der Waals surface area (Å²) in [5.74, 6) is -0.657. The fourth-order valence-corrected chi connectivity index (χ4v) is 0.356. The van der Waals surface area contributed by atoms with Crippen molar-refractivity contribution in [1.29, 1.82) is 0 Å². The Morgan fingerprint density at radius 1 is 1.08 bits per heavy atom. The van der Waals surface area contributed by atoms with E-state index in [1.165, 1.54) is 12.2 Å². The number of aliphatic hydroxyl groups excluding tert-OH is 2. The van der Waals surface area contributed by atoms with Gasteiger partial charge in [-0.25, -0.2) is 0 Å². The largest absolute Gasteiger partial charge is 0.391 e. The second-order valence-electron chi connectivity index (χ2n) is 2.67. The molecule has 0 radical (unpaired) electrons. The van der Waals surface area contributed by atoms with Gasteiger partial charge in [-0.05, 0) is 13.8 Å². The van der Waals surface area contributed by atoms with Crippen molar-refractivity contribution in [3.05, 3.63) is 12.2 Å². The van der Waals surface area contributed by atoms with Crippen molar-refractivity contribution < 1.29 is 19.8 Å². The van der Waals surface area contributed by atoms with Crippen LogP contribution in [0.25, 0.3) is 0 Å². The molecule has 0 aromatic heterocycles. The lowest BCUT2D eigenvalue weighted by molar-refractivity contribution is -0.123. The summed E-state index contributed by atoms with van der Waals surface area (Å²) in [6.07, 6.45) is 1.21. The summed E-state index contributed by atoms with van der Waals surface area (Å²) in [4.78, 5) is 20.1. The van der Waals surface area contributed by atoms with Crippen molar-refractivity contribution >= 4 is 11.8 Å². The molecule has 3 N–H and O–H groups in total. The Hall–Kier alpha value is -1.20. The van der Waals surface area contributed by atoms with Crippen molar-refractivity contribution in [2.24, 2.45) is 0 Å². The van der Waals surface area contributed by atoms with Crippen molar-refractivity contribution in [2.75, 3.05) is 0 Å². The second kappa shape index (κ2) is 5.45. The summed E-state index contributed by atoms with van der Waals surface area (Å²) >= 11 is 0. The third kappa shape index (κ3) is 6.01. The number of carbonyl (C=O) groups excluding carboxylic acids is 2. The first kappa shape index (κ1) is 11.8. The molecule has 5 heteroatoms. The summed E-state index contributed by atoms with van der Waals surface area (Å²) in [7, 11) is 0. The molecule has 0 saturated carbocycles. The zero-order valence-corrected chi connectivity index (χ0v) is 7.52. The number of amides is 2. The van der Waals surface area contributed by atoms with E-state index < -0.39 is 12.2 Å². The average molecular weight is 187 g/mol. The maximum absolute atomic E-state index is 10.0. The molecular formula is C8H13NO4. The van der Waals surface area contributed by atoms with Crippen LogP contribution in [-0.2, 0) is 9.59 Å². The van der Waals surface area contributed by atoms with Crippen molar-refractivity contribution in [3.8, 4) is 0 Å². The van der Waals surface area contributed by atoms with Gasteiger partial charge in [-0.1, -0.05) is 0 Å². The van der Waals surface area contributed by atoms with Crippen LogP contribution in [0.5, 0.6) is 0 Å². The van der Waals surface area contributed by atoms with Gasteiger partial charge in [0.25, 0.3) is 11.8 Å². The second-order valence-corrected chi connectivity index (χ2v) is 2.67. The molecule has 0 saturated heterocycles. The van der Waals surface area contributed by atoms with Gasteiger partial charge in [-0.15, -0.1) is 0 Å². The molecule has 1 rings (SSSR count). The van der Waals surface area contributed by atoms with Gasteiger partial charge in [0.15, 0.2) is 0 Å². The van der Waals surface area contributed by atoms with Gasteiger partial charge < -0.3 is 10.2 Å². The van der Waals surface area contributed by atoms with Gasteiger partial charge >= 0.3 is 0 Å².